The van der Waals surface area contributed by atoms with E-state index in [4.69, 9.17) is 0 Å². The molecule has 10 heavy (non-hydrogen) atoms. The van der Waals surface area contributed by atoms with E-state index in [9.17, 15) is 4.48 Å². The van der Waals surface area contributed by atoms with Gasteiger partial charge in [-0.25, -0.2) is 0 Å². The summed E-state index contributed by atoms with van der Waals surface area (Å²) in [6.07, 6.45) is 6.31. The highest BCUT2D eigenvalue weighted by molar-refractivity contribution is 4.90. The first-order valence-corrected chi connectivity index (χ1v) is 4.22. The average Bonchev–Trinajstić information content (AvgIpc) is 1.86. The SMILES string of the molecule is FN1CCC2(CCC2)CC1. The summed E-state index contributed by atoms with van der Waals surface area (Å²) in [5.41, 5.74) is 0.600. The van der Waals surface area contributed by atoms with Gasteiger partial charge in [-0.15, -0.1) is 9.60 Å². The minimum Gasteiger partial charge on any atom is -0.146 e. The van der Waals surface area contributed by atoms with Gasteiger partial charge in [0.25, 0.3) is 0 Å². The van der Waals surface area contributed by atoms with Gasteiger partial charge in [0, 0.05) is 13.1 Å². The molecule has 0 bridgehead atoms. The topological polar surface area (TPSA) is 3.24 Å². The fourth-order valence-electron chi connectivity index (χ4n) is 2.13. The molecule has 1 nitrogen and oxygen atoms in total. The van der Waals surface area contributed by atoms with Crippen molar-refractivity contribution in [2.24, 2.45) is 5.41 Å². The van der Waals surface area contributed by atoms with Gasteiger partial charge in [-0.2, -0.15) is 0 Å². The van der Waals surface area contributed by atoms with Crippen molar-refractivity contribution in [1.29, 1.82) is 0 Å². The summed E-state index contributed by atoms with van der Waals surface area (Å²) < 4.78 is 12.5. The standard InChI is InChI=1S/C8H14FN/c9-10-6-4-8(5-7-10)2-1-3-8/h1-7H2. The molecule has 1 heterocycles. The minimum absolute atomic E-state index is 0.600. The van der Waals surface area contributed by atoms with Crippen LogP contribution in [0, 0.1) is 5.41 Å². The maximum Gasteiger partial charge on any atom is 0.0295 e. The van der Waals surface area contributed by atoms with Crippen molar-refractivity contribution >= 4 is 0 Å². The highest BCUT2D eigenvalue weighted by atomic mass is 19.2. The summed E-state index contributed by atoms with van der Waals surface area (Å²) in [6.45, 7) is 1.36. The second kappa shape index (κ2) is 2.19. The molecule has 1 aliphatic heterocycles. The van der Waals surface area contributed by atoms with E-state index in [-0.39, 0.29) is 0 Å². The van der Waals surface area contributed by atoms with Crippen LogP contribution in [0.5, 0.6) is 0 Å². The molecule has 0 N–H and O–H groups in total. The Morgan fingerprint density at radius 2 is 1.60 bits per heavy atom. The second-order valence-electron chi connectivity index (χ2n) is 3.76. The number of piperidine rings is 1. The van der Waals surface area contributed by atoms with Crippen molar-refractivity contribution in [1.82, 2.24) is 5.12 Å². The molecule has 0 radical (unpaired) electrons. The first-order valence-electron chi connectivity index (χ1n) is 4.22. The summed E-state index contributed by atoms with van der Waals surface area (Å²) in [5.74, 6) is 0. The smallest absolute Gasteiger partial charge is 0.0295 e. The third-order valence-corrected chi connectivity index (χ3v) is 3.18. The minimum atomic E-state index is 0.600. The van der Waals surface area contributed by atoms with E-state index in [0.29, 0.717) is 18.5 Å². The quantitative estimate of drug-likeness (QED) is 0.469. The van der Waals surface area contributed by atoms with Gasteiger partial charge in [0.05, 0.1) is 0 Å². The third-order valence-electron chi connectivity index (χ3n) is 3.18. The summed E-state index contributed by atoms with van der Waals surface area (Å²) in [6, 6.07) is 0. The van der Waals surface area contributed by atoms with Gasteiger partial charge in [0.15, 0.2) is 0 Å². The van der Waals surface area contributed by atoms with E-state index in [1.807, 2.05) is 0 Å². The van der Waals surface area contributed by atoms with Crippen LogP contribution in [0.4, 0.5) is 4.48 Å². The zero-order valence-electron chi connectivity index (χ0n) is 6.27. The second-order valence-corrected chi connectivity index (χ2v) is 3.76. The van der Waals surface area contributed by atoms with E-state index in [2.05, 4.69) is 0 Å². The normalized spacial score (nSPS) is 32.1. The molecule has 0 atom stereocenters. The Morgan fingerprint density at radius 1 is 1.00 bits per heavy atom. The van der Waals surface area contributed by atoms with E-state index >= 15 is 0 Å². The van der Waals surface area contributed by atoms with Gasteiger partial charge < -0.3 is 0 Å². The molecule has 2 aliphatic rings. The summed E-state index contributed by atoms with van der Waals surface area (Å²) in [4.78, 5) is 0. The van der Waals surface area contributed by atoms with Crippen LogP contribution in [-0.2, 0) is 0 Å². The van der Waals surface area contributed by atoms with Crippen molar-refractivity contribution in [2.75, 3.05) is 13.1 Å². The van der Waals surface area contributed by atoms with Crippen molar-refractivity contribution in [2.45, 2.75) is 32.1 Å². The van der Waals surface area contributed by atoms with Gasteiger partial charge in [0.1, 0.15) is 0 Å². The molecular formula is C8H14FN. The average molecular weight is 143 g/mol. The molecule has 1 spiro atoms. The van der Waals surface area contributed by atoms with Crippen LogP contribution in [0.25, 0.3) is 0 Å². The van der Waals surface area contributed by atoms with Crippen molar-refractivity contribution in [3.05, 3.63) is 0 Å². The molecule has 0 unspecified atom stereocenters. The predicted molar refractivity (Wildman–Crippen MR) is 38.2 cm³/mol. The van der Waals surface area contributed by atoms with Crippen molar-refractivity contribution in [3.63, 3.8) is 0 Å². The largest absolute Gasteiger partial charge is 0.146 e. The summed E-state index contributed by atoms with van der Waals surface area (Å²) in [5, 5.41) is 0.962. The highest BCUT2D eigenvalue weighted by Crippen LogP contribution is 2.48. The van der Waals surface area contributed by atoms with Gasteiger partial charge in [-0.1, -0.05) is 6.42 Å². The Kier molecular flexibility index (Phi) is 1.44. The zero-order chi connectivity index (χ0) is 7.03. The van der Waals surface area contributed by atoms with Crippen LogP contribution in [0.15, 0.2) is 0 Å². The van der Waals surface area contributed by atoms with Crippen LogP contribution < -0.4 is 0 Å². The van der Waals surface area contributed by atoms with E-state index in [1.165, 1.54) is 19.3 Å². The predicted octanol–water partition coefficient (Wildman–Crippen LogP) is 2.14. The number of hydrogen-bond donors (Lipinski definition) is 0. The first kappa shape index (κ1) is 6.59. The van der Waals surface area contributed by atoms with Gasteiger partial charge in [0.2, 0.25) is 0 Å². The lowest BCUT2D eigenvalue weighted by atomic mass is 9.63. The Hall–Kier alpha value is -0.110. The van der Waals surface area contributed by atoms with E-state index in [1.54, 1.807) is 0 Å². The van der Waals surface area contributed by atoms with Gasteiger partial charge in [-0.3, -0.25) is 0 Å². The first-order chi connectivity index (χ1) is 4.81. The van der Waals surface area contributed by atoms with Gasteiger partial charge in [-0.05, 0) is 31.1 Å². The molecule has 0 aromatic rings. The van der Waals surface area contributed by atoms with Crippen LogP contribution in [0.1, 0.15) is 32.1 Å². The molecule has 0 aromatic carbocycles. The molecule has 2 fully saturated rings. The fourth-order valence-corrected chi connectivity index (χ4v) is 2.13. The Labute approximate surface area is 61.1 Å². The van der Waals surface area contributed by atoms with Crippen LogP contribution in [-0.4, -0.2) is 18.2 Å². The lowest BCUT2D eigenvalue weighted by Gasteiger charge is -2.46. The lowest BCUT2D eigenvalue weighted by Crippen LogP contribution is -2.40. The van der Waals surface area contributed by atoms with Gasteiger partial charge >= 0.3 is 0 Å². The Balaban J connectivity index is 1.90. The molecule has 58 valence electrons. The maximum absolute atomic E-state index is 12.5. The number of halogens is 1. The zero-order valence-corrected chi connectivity index (χ0v) is 6.27. The Bertz CT molecular complexity index is 121. The van der Waals surface area contributed by atoms with Crippen LogP contribution in [0.3, 0.4) is 0 Å². The molecule has 2 rings (SSSR count). The monoisotopic (exact) mass is 143 g/mol. The summed E-state index contributed by atoms with van der Waals surface area (Å²) in [7, 11) is 0. The number of rotatable bonds is 0. The van der Waals surface area contributed by atoms with Crippen molar-refractivity contribution in [3.8, 4) is 0 Å². The molecule has 2 heteroatoms. The Morgan fingerprint density at radius 3 is 2.00 bits per heavy atom. The van der Waals surface area contributed by atoms with Crippen LogP contribution in [0.2, 0.25) is 0 Å². The summed E-state index contributed by atoms with van der Waals surface area (Å²) >= 11 is 0. The molecular weight excluding hydrogens is 129 g/mol. The molecule has 0 aromatic heterocycles. The highest BCUT2D eigenvalue weighted by Gasteiger charge is 2.39. The van der Waals surface area contributed by atoms with Crippen molar-refractivity contribution < 1.29 is 4.48 Å². The maximum atomic E-state index is 12.5. The molecule has 0 amide bonds. The molecule has 1 saturated carbocycles. The third kappa shape index (κ3) is 0.947. The van der Waals surface area contributed by atoms with Crippen LogP contribution >= 0.6 is 0 Å². The fraction of sp³-hybridized carbons (Fsp3) is 1.00. The molecule has 1 saturated heterocycles. The van der Waals surface area contributed by atoms with E-state index < -0.39 is 0 Å². The lowest BCUT2D eigenvalue weighted by molar-refractivity contribution is -0.0605. The van der Waals surface area contributed by atoms with E-state index in [0.717, 1.165) is 18.0 Å². The molecule has 1 aliphatic carbocycles. The number of hydrogen-bond acceptors (Lipinski definition) is 1. The number of nitrogens with zero attached hydrogens (tertiary/aromatic N) is 1.